The molecule has 0 fully saturated rings. The predicted molar refractivity (Wildman–Crippen MR) is 88.2 cm³/mol. The zero-order valence-electron chi connectivity index (χ0n) is 14.2. The average molecular weight is 274 g/mol. The minimum absolute atomic E-state index is 0.239. The van der Waals surface area contributed by atoms with Crippen molar-refractivity contribution in [2.45, 2.75) is 48.0 Å². The molecule has 0 N–H and O–H groups in total. The molecule has 20 heavy (non-hydrogen) atoms. The first-order valence-electron chi connectivity index (χ1n) is 7.44. The predicted octanol–water partition coefficient (Wildman–Crippen LogP) is 5.50. The van der Waals surface area contributed by atoms with Crippen LogP contribution in [-0.2, 0) is 6.42 Å². The molecule has 0 radical (unpaired) electrons. The van der Waals surface area contributed by atoms with E-state index in [1.165, 1.54) is 5.56 Å². The Labute approximate surface area is 125 Å². The third-order valence-corrected chi connectivity index (χ3v) is 3.56. The Morgan fingerprint density at radius 1 is 1.00 bits per heavy atom. The van der Waals surface area contributed by atoms with Gasteiger partial charge in [0.15, 0.2) is 0 Å². The number of allylic oxidation sites excluding steroid dienone is 2. The molecule has 0 aliphatic rings. The van der Waals surface area contributed by atoms with Crippen LogP contribution in [0.4, 0.5) is 0 Å². The second-order valence-corrected chi connectivity index (χ2v) is 7.75. The second kappa shape index (κ2) is 6.47. The summed E-state index contributed by atoms with van der Waals surface area (Å²) in [5.41, 5.74) is 1.87. The molecule has 1 atom stereocenters. The summed E-state index contributed by atoms with van der Waals surface area (Å²) in [6.07, 6.45) is 5.80. The molecule has 112 valence electrons. The lowest BCUT2D eigenvalue weighted by Gasteiger charge is -2.29. The molecule has 0 spiro atoms. The molecule has 0 amide bonds. The van der Waals surface area contributed by atoms with Gasteiger partial charge in [0, 0.05) is 0 Å². The minimum atomic E-state index is 0.239. The zero-order valence-corrected chi connectivity index (χ0v) is 14.2. The Kier molecular flexibility index (Phi) is 5.44. The lowest BCUT2D eigenvalue weighted by Crippen LogP contribution is -2.21. The van der Waals surface area contributed by atoms with Gasteiger partial charge in [-0.05, 0) is 40.9 Å². The van der Waals surface area contributed by atoms with Gasteiger partial charge in [-0.2, -0.15) is 0 Å². The van der Waals surface area contributed by atoms with E-state index in [4.69, 9.17) is 4.74 Å². The Hall–Kier alpha value is -1.24. The van der Waals surface area contributed by atoms with Gasteiger partial charge in [-0.3, -0.25) is 0 Å². The van der Waals surface area contributed by atoms with Gasteiger partial charge in [0.2, 0.25) is 0 Å². The highest BCUT2D eigenvalue weighted by Crippen LogP contribution is 2.32. The molecule has 0 unspecified atom stereocenters. The molecule has 0 bridgehead atoms. The van der Waals surface area contributed by atoms with Crippen molar-refractivity contribution in [3.05, 3.63) is 42.0 Å². The van der Waals surface area contributed by atoms with E-state index < -0.39 is 0 Å². The van der Waals surface area contributed by atoms with E-state index in [1.54, 1.807) is 7.11 Å². The van der Waals surface area contributed by atoms with Crippen molar-refractivity contribution in [1.82, 2.24) is 0 Å². The van der Waals surface area contributed by atoms with Crippen LogP contribution in [0.1, 0.15) is 47.1 Å². The van der Waals surface area contributed by atoms with E-state index in [2.05, 4.69) is 65.8 Å². The summed E-state index contributed by atoms with van der Waals surface area (Å²) in [6.45, 7) is 13.7. The molecule has 0 aromatic heterocycles. The molecular formula is C19H30O. The fraction of sp³-hybridized carbons (Fsp3) is 0.579. The fourth-order valence-electron chi connectivity index (χ4n) is 2.08. The number of ether oxygens (including phenoxy) is 1. The molecule has 1 rings (SSSR count). The van der Waals surface area contributed by atoms with Gasteiger partial charge in [-0.1, -0.05) is 65.8 Å². The molecule has 0 saturated heterocycles. The Morgan fingerprint density at radius 2 is 1.55 bits per heavy atom. The van der Waals surface area contributed by atoms with Crippen molar-refractivity contribution in [3.63, 3.8) is 0 Å². The van der Waals surface area contributed by atoms with Crippen molar-refractivity contribution < 1.29 is 4.74 Å². The molecule has 1 aromatic rings. The van der Waals surface area contributed by atoms with Crippen LogP contribution in [0, 0.1) is 16.7 Å². The van der Waals surface area contributed by atoms with Crippen LogP contribution in [0.2, 0.25) is 0 Å². The third kappa shape index (κ3) is 5.81. The second-order valence-electron chi connectivity index (χ2n) is 7.75. The molecule has 1 aromatic carbocycles. The van der Waals surface area contributed by atoms with Gasteiger partial charge in [-0.15, -0.1) is 0 Å². The first kappa shape index (κ1) is 16.8. The summed E-state index contributed by atoms with van der Waals surface area (Å²) in [6, 6.07) is 8.43. The van der Waals surface area contributed by atoms with Gasteiger partial charge < -0.3 is 4.74 Å². The average Bonchev–Trinajstić information content (AvgIpc) is 2.32. The molecule has 0 aliphatic heterocycles. The Morgan fingerprint density at radius 3 is 1.95 bits per heavy atom. The van der Waals surface area contributed by atoms with Gasteiger partial charge in [0.05, 0.1) is 7.11 Å². The first-order chi connectivity index (χ1) is 9.12. The zero-order chi connectivity index (χ0) is 15.4. The smallest absolute Gasteiger partial charge is 0.118 e. The quantitative estimate of drug-likeness (QED) is 0.658. The van der Waals surface area contributed by atoms with Crippen LogP contribution >= 0.6 is 0 Å². The maximum absolute atomic E-state index is 5.22. The number of hydrogen-bond acceptors (Lipinski definition) is 1. The molecule has 0 saturated carbocycles. The molecule has 0 aliphatic carbocycles. The standard InChI is InChI=1S/C19H30O/c1-18(2,3)13-12-16(19(4,5)6)14-15-8-10-17(20-7)11-9-15/h8-13,16H,14H2,1-7H3/b13-12+/t16-/m0/s1. The minimum Gasteiger partial charge on any atom is -0.497 e. The topological polar surface area (TPSA) is 9.23 Å². The maximum Gasteiger partial charge on any atom is 0.118 e. The normalized spacial score (nSPS) is 14.6. The monoisotopic (exact) mass is 274 g/mol. The number of hydrogen-bond donors (Lipinski definition) is 0. The Bertz CT molecular complexity index is 426. The SMILES string of the molecule is COc1ccc(C[C@H](/C=C/C(C)(C)C)C(C)(C)C)cc1. The molecule has 0 heterocycles. The number of benzene rings is 1. The highest BCUT2D eigenvalue weighted by atomic mass is 16.5. The van der Waals surface area contributed by atoms with Gasteiger partial charge >= 0.3 is 0 Å². The summed E-state index contributed by atoms with van der Waals surface area (Å²) < 4.78 is 5.22. The molecule has 1 nitrogen and oxygen atoms in total. The summed E-state index contributed by atoms with van der Waals surface area (Å²) in [5, 5.41) is 0. The lowest BCUT2D eigenvalue weighted by atomic mass is 9.76. The van der Waals surface area contributed by atoms with E-state index in [0.29, 0.717) is 5.92 Å². The van der Waals surface area contributed by atoms with Crippen molar-refractivity contribution in [3.8, 4) is 5.75 Å². The van der Waals surface area contributed by atoms with E-state index in [1.807, 2.05) is 12.1 Å². The van der Waals surface area contributed by atoms with Crippen molar-refractivity contribution >= 4 is 0 Å². The summed E-state index contributed by atoms with van der Waals surface area (Å²) >= 11 is 0. The largest absolute Gasteiger partial charge is 0.497 e. The van der Waals surface area contributed by atoms with Gasteiger partial charge in [0.25, 0.3) is 0 Å². The van der Waals surface area contributed by atoms with Gasteiger partial charge in [-0.25, -0.2) is 0 Å². The van der Waals surface area contributed by atoms with Crippen molar-refractivity contribution in [2.24, 2.45) is 16.7 Å². The van der Waals surface area contributed by atoms with E-state index >= 15 is 0 Å². The first-order valence-corrected chi connectivity index (χ1v) is 7.44. The van der Waals surface area contributed by atoms with Gasteiger partial charge in [0.1, 0.15) is 5.75 Å². The number of rotatable bonds is 4. The van der Waals surface area contributed by atoms with Crippen LogP contribution in [0.25, 0.3) is 0 Å². The number of methoxy groups -OCH3 is 1. The molecule has 1 heteroatoms. The van der Waals surface area contributed by atoms with E-state index in [0.717, 1.165) is 12.2 Å². The Balaban J connectivity index is 2.87. The third-order valence-electron chi connectivity index (χ3n) is 3.56. The van der Waals surface area contributed by atoms with Crippen LogP contribution in [0.3, 0.4) is 0 Å². The lowest BCUT2D eigenvalue weighted by molar-refractivity contribution is 0.289. The van der Waals surface area contributed by atoms with E-state index in [9.17, 15) is 0 Å². The summed E-state index contributed by atoms with van der Waals surface area (Å²) in [5.74, 6) is 1.46. The summed E-state index contributed by atoms with van der Waals surface area (Å²) in [4.78, 5) is 0. The summed E-state index contributed by atoms with van der Waals surface area (Å²) in [7, 11) is 1.71. The van der Waals surface area contributed by atoms with Crippen molar-refractivity contribution in [1.29, 1.82) is 0 Å². The van der Waals surface area contributed by atoms with Crippen LogP contribution in [-0.4, -0.2) is 7.11 Å². The van der Waals surface area contributed by atoms with Crippen molar-refractivity contribution in [2.75, 3.05) is 7.11 Å². The highest BCUT2D eigenvalue weighted by Gasteiger charge is 2.23. The molecular weight excluding hydrogens is 244 g/mol. The van der Waals surface area contributed by atoms with Crippen LogP contribution in [0.5, 0.6) is 5.75 Å². The highest BCUT2D eigenvalue weighted by molar-refractivity contribution is 5.28. The van der Waals surface area contributed by atoms with Crippen LogP contribution in [0.15, 0.2) is 36.4 Å². The fourth-order valence-corrected chi connectivity index (χ4v) is 2.08. The van der Waals surface area contributed by atoms with E-state index in [-0.39, 0.29) is 10.8 Å². The van der Waals surface area contributed by atoms with Crippen LogP contribution < -0.4 is 4.74 Å². The maximum atomic E-state index is 5.22.